The first-order chi connectivity index (χ1) is 15.6. The van der Waals surface area contributed by atoms with Gasteiger partial charge in [-0.2, -0.15) is 5.10 Å². The number of nitrogens with zero attached hydrogens (tertiary/aromatic N) is 2. The van der Waals surface area contributed by atoms with Crippen LogP contribution in [0.2, 0.25) is 0 Å². The summed E-state index contributed by atoms with van der Waals surface area (Å²) in [5, 5.41) is 16.3. The summed E-state index contributed by atoms with van der Waals surface area (Å²) in [5.41, 5.74) is 5.87. The van der Waals surface area contributed by atoms with Gasteiger partial charge in [-0.15, -0.1) is 0 Å². The number of hydrazone groups is 1. The van der Waals surface area contributed by atoms with Crippen LogP contribution in [0.3, 0.4) is 0 Å². The van der Waals surface area contributed by atoms with E-state index >= 15 is 0 Å². The molecule has 1 fully saturated rings. The number of benzene rings is 2. The van der Waals surface area contributed by atoms with Crippen LogP contribution in [0, 0.1) is 5.92 Å². The Morgan fingerprint density at radius 3 is 2.78 bits per heavy atom. The van der Waals surface area contributed by atoms with Crippen LogP contribution in [0.15, 0.2) is 53.6 Å². The number of aromatic nitrogens is 2. The number of ether oxygens (including phenoxy) is 1. The minimum Gasteiger partial charge on any atom is -0.504 e. The van der Waals surface area contributed by atoms with E-state index in [4.69, 9.17) is 4.74 Å². The number of phenols is 1. The van der Waals surface area contributed by atoms with Crippen LogP contribution in [0.25, 0.3) is 33.1 Å². The van der Waals surface area contributed by atoms with Gasteiger partial charge in [0.15, 0.2) is 11.5 Å². The van der Waals surface area contributed by atoms with Gasteiger partial charge in [0.05, 0.1) is 18.3 Å². The smallest absolute Gasteiger partial charge is 0.289 e. The molecule has 2 aromatic carbocycles. The first kappa shape index (κ1) is 20.1. The lowest BCUT2D eigenvalue weighted by atomic mass is 10.1. The number of pyridine rings is 1. The number of fused-ring (bicyclic) bond motifs is 3. The van der Waals surface area contributed by atoms with E-state index in [9.17, 15) is 9.90 Å². The van der Waals surface area contributed by atoms with Gasteiger partial charge in [0.25, 0.3) is 5.91 Å². The van der Waals surface area contributed by atoms with Gasteiger partial charge >= 0.3 is 0 Å². The van der Waals surface area contributed by atoms with Gasteiger partial charge in [0, 0.05) is 28.1 Å². The molecule has 0 bridgehead atoms. The second kappa shape index (κ2) is 8.34. The zero-order chi connectivity index (χ0) is 22.1. The predicted molar refractivity (Wildman–Crippen MR) is 125 cm³/mol. The monoisotopic (exact) mass is 428 g/mol. The van der Waals surface area contributed by atoms with E-state index in [1.165, 1.54) is 20.0 Å². The molecule has 1 aliphatic rings. The zero-order valence-corrected chi connectivity index (χ0v) is 17.8. The maximum atomic E-state index is 12.9. The molecular weight excluding hydrogens is 404 g/mol. The van der Waals surface area contributed by atoms with Crippen molar-refractivity contribution >= 4 is 33.9 Å². The molecule has 7 nitrogen and oxygen atoms in total. The molecule has 7 heteroatoms. The van der Waals surface area contributed by atoms with Gasteiger partial charge in [-0.25, -0.2) is 10.4 Å². The van der Waals surface area contributed by atoms with Crippen LogP contribution in [-0.2, 0) is 0 Å². The van der Waals surface area contributed by atoms with E-state index in [0.717, 1.165) is 34.6 Å². The van der Waals surface area contributed by atoms with Crippen molar-refractivity contribution in [1.29, 1.82) is 0 Å². The summed E-state index contributed by atoms with van der Waals surface area (Å²) in [6, 6.07) is 14.8. The topological polar surface area (TPSA) is 99.6 Å². The van der Waals surface area contributed by atoms with Crippen LogP contribution >= 0.6 is 0 Å². The van der Waals surface area contributed by atoms with Crippen LogP contribution in [0.4, 0.5) is 0 Å². The molecular formula is C25H24N4O3. The number of aromatic amines is 1. The highest BCUT2D eigenvalue weighted by Gasteiger charge is 2.18. The summed E-state index contributed by atoms with van der Waals surface area (Å²) in [6.07, 6.45) is 6.48. The van der Waals surface area contributed by atoms with E-state index in [2.05, 4.69) is 20.5 Å². The highest BCUT2D eigenvalue weighted by Crippen LogP contribution is 2.36. The maximum absolute atomic E-state index is 12.9. The summed E-state index contributed by atoms with van der Waals surface area (Å²) in [6.45, 7) is 0. The molecule has 1 amide bonds. The average Bonchev–Trinajstić information content (AvgIpc) is 3.46. The number of carbonyl (C=O) groups is 1. The van der Waals surface area contributed by atoms with Crippen molar-refractivity contribution in [3.8, 4) is 22.8 Å². The van der Waals surface area contributed by atoms with Gasteiger partial charge in [0.2, 0.25) is 0 Å². The van der Waals surface area contributed by atoms with Gasteiger partial charge in [-0.05, 0) is 49.1 Å². The Hall–Kier alpha value is -3.87. The second-order valence-electron chi connectivity index (χ2n) is 8.10. The fourth-order valence-corrected chi connectivity index (χ4v) is 4.37. The highest BCUT2D eigenvalue weighted by atomic mass is 16.5. The van der Waals surface area contributed by atoms with Crippen LogP contribution < -0.4 is 10.2 Å². The molecule has 162 valence electrons. The number of para-hydroxylation sites is 1. The van der Waals surface area contributed by atoms with Crippen molar-refractivity contribution < 1.29 is 14.6 Å². The lowest BCUT2D eigenvalue weighted by Crippen LogP contribution is -2.20. The van der Waals surface area contributed by atoms with E-state index in [0.29, 0.717) is 22.9 Å². The van der Waals surface area contributed by atoms with Crippen molar-refractivity contribution in [3.05, 3.63) is 54.2 Å². The third kappa shape index (κ3) is 3.66. The molecule has 5 rings (SSSR count). The number of amides is 1. The number of H-pyrrole nitrogens is 1. The zero-order valence-electron chi connectivity index (χ0n) is 17.8. The molecule has 0 spiro atoms. The van der Waals surface area contributed by atoms with Crippen molar-refractivity contribution in [2.75, 3.05) is 7.11 Å². The van der Waals surface area contributed by atoms with E-state index in [1.54, 1.807) is 18.2 Å². The number of hydrogen-bond acceptors (Lipinski definition) is 5. The minimum atomic E-state index is -0.370. The number of methoxy groups -OCH3 is 1. The Morgan fingerprint density at radius 2 is 2.00 bits per heavy atom. The van der Waals surface area contributed by atoms with Gasteiger partial charge in [0.1, 0.15) is 5.69 Å². The lowest BCUT2D eigenvalue weighted by molar-refractivity contribution is 0.0950. The molecule has 0 unspecified atom stereocenters. The van der Waals surface area contributed by atoms with E-state index < -0.39 is 0 Å². The molecule has 3 N–H and O–H groups in total. The number of aromatic hydroxyl groups is 1. The predicted octanol–water partition coefficient (Wildman–Crippen LogP) is 5.00. The van der Waals surface area contributed by atoms with Crippen LogP contribution in [0.5, 0.6) is 11.5 Å². The Labute approximate surface area is 185 Å². The molecule has 32 heavy (non-hydrogen) atoms. The van der Waals surface area contributed by atoms with Crippen molar-refractivity contribution in [2.24, 2.45) is 11.0 Å². The lowest BCUT2D eigenvalue weighted by Gasteiger charge is -2.09. The second-order valence-corrected chi connectivity index (χ2v) is 8.10. The first-order valence-electron chi connectivity index (χ1n) is 10.8. The Morgan fingerprint density at radius 1 is 1.19 bits per heavy atom. The normalized spacial score (nSPS) is 14.5. The Kier molecular flexibility index (Phi) is 5.23. The molecule has 0 aliphatic heterocycles. The molecule has 1 saturated carbocycles. The van der Waals surface area contributed by atoms with Gasteiger partial charge < -0.3 is 14.8 Å². The van der Waals surface area contributed by atoms with Crippen molar-refractivity contribution in [2.45, 2.75) is 25.7 Å². The number of nitrogens with one attached hydrogen (secondary N) is 2. The van der Waals surface area contributed by atoms with E-state index in [-0.39, 0.29) is 17.4 Å². The van der Waals surface area contributed by atoms with Crippen molar-refractivity contribution in [1.82, 2.24) is 15.4 Å². The van der Waals surface area contributed by atoms with Crippen LogP contribution in [-0.4, -0.2) is 34.3 Å². The minimum absolute atomic E-state index is 0.00655. The third-order valence-corrected chi connectivity index (χ3v) is 6.03. The molecule has 0 atom stereocenters. The third-order valence-electron chi connectivity index (χ3n) is 6.03. The fourth-order valence-electron chi connectivity index (χ4n) is 4.37. The summed E-state index contributed by atoms with van der Waals surface area (Å²) < 4.78 is 5.16. The van der Waals surface area contributed by atoms with Crippen LogP contribution in [0.1, 0.15) is 36.2 Å². The summed E-state index contributed by atoms with van der Waals surface area (Å²) in [4.78, 5) is 21.0. The SMILES string of the molecule is COc1ccc(-c2nc(C(=O)N/N=C/C3CCCC3)cc3c2[nH]c2ccccc23)cc1O. The standard InChI is InChI=1S/C25H24N4O3/c1-32-22-11-10-16(12-21(22)30)23-24-18(17-8-4-5-9-19(17)27-24)13-20(28-23)25(31)29-26-14-15-6-2-3-7-15/h4-5,8-15,27,30H,2-3,6-7H2,1H3,(H,29,31)/b26-14+. The molecule has 2 aromatic heterocycles. The Balaban J connectivity index is 1.60. The summed E-state index contributed by atoms with van der Waals surface area (Å²) in [7, 11) is 1.50. The molecule has 0 radical (unpaired) electrons. The number of rotatable bonds is 5. The fraction of sp³-hybridized carbons (Fsp3) is 0.240. The summed E-state index contributed by atoms with van der Waals surface area (Å²) in [5.74, 6) is 0.437. The molecule has 4 aromatic rings. The first-order valence-corrected chi connectivity index (χ1v) is 10.8. The largest absolute Gasteiger partial charge is 0.504 e. The molecule has 0 saturated heterocycles. The quantitative estimate of drug-likeness (QED) is 0.307. The van der Waals surface area contributed by atoms with Crippen molar-refractivity contribution in [3.63, 3.8) is 0 Å². The number of hydrogen-bond donors (Lipinski definition) is 3. The highest BCUT2D eigenvalue weighted by molar-refractivity contribution is 6.13. The molecule has 1 aliphatic carbocycles. The molecule has 2 heterocycles. The maximum Gasteiger partial charge on any atom is 0.289 e. The number of phenolic OH excluding ortho intramolecular Hbond substituents is 1. The number of carbonyl (C=O) groups excluding carboxylic acids is 1. The van der Waals surface area contributed by atoms with Gasteiger partial charge in [-0.1, -0.05) is 31.0 Å². The average molecular weight is 428 g/mol. The summed E-state index contributed by atoms with van der Waals surface area (Å²) >= 11 is 0. The van der Waals surface area contributed by atoms with E-state index in [1.807, 2.05) is 36.5 Å². The Bertz CT molecular complexity index is 1340. The van der Waals surface area contributed by atoms with Gasteiger partial charge in [-0.3, -0.25) is 4.79 Å².